The number of benzene rings is 4. The van der Waals surface area contributed by atoms with Crippen LogP contribution >= 0.6 is 0 Å². The Hall–Kier alpha value is -3.77. The van der Waals surface area contributed by atoms with E-state index in [1.54, 1.807) is 19.2 Å². The van der Waals surface area contributed by atoms with Gasteiger partial charge in [0.1, 0.15) is 17.4 Å². The highest BCUT2D eigenvalue weighted by Gasteiger charge is 2.11. The SMILES string of the molecule is COc1cccc(CCNCCc2cc(-c3cc(F)cc(CCC(=O)O)c3)c3cc(F)ccc3c2)c1. The molecule has 0 saturated heterocycles. The predicted molar refractivity (Wildman–Crippen MR) is 139 cm³/mol. The first-order valence-electron chi connectivity index (χ1n) is 12.0. The fourth-order valence-corrected chi connectivity index (χ4v) is 4.40. The molecule has 186 valence electrons. The van der Waals surface area contributed by atoms with E-state index in [1.165, 1.54) is 29.8 Å². The summed E-state index contributed by atoms with van der Waals surface area (Å²) >= 11 is 0. The largest absolute Gasteiger partial charge is 0.497 e. The maximum absolute atomic E-state index is 14.5. The monoisotopic (exact) mass is 489 g/mol. The zero-order valence-electron chi connectivity index (χ0n) is 20.2. The van der Waals surface area contributed by atoms with Crippen LogP contribution in [0, 0.1) is 11.6 Å². The molecule has 4 nitrogen and oxygen atoms in total. The standard InChI is InChI=1S/C30H29F2NO3/c1-36-27-4-2-3-20(16-27)9-11-33-12-10-22-13-23-6-7-25(31)19-29(23)28(17-22)24-14-21(5-8-30(34)35)15-26(32)18-24/h2-4,6-7,13-19,33H,5,8-12H2,1H3,(H,34,35). The fourth-order valence-electron chi connectivity index (χ4n) is 4.40. The molecule has 4 aromatic rings. The molecule has 0 atom stereocenters. The summed E-state index contributed by atoms with van der Waals surface area (Å²) in [7, 11) is 1.66. The first kappa shape index (κ1) is 25.3. The maximum atomic E-state index is 14.5. The van der Waals surface area contributed by atoms with Gasteiger partial charge in [0.15, 0.2) is 0 Å². The molecule has 0 aliphatic heterocycles. The zero-order valence-corrected chi connectivity index (χ0v) is 20.2. The predicted octanol–water partition coefficient (Wildman–Crippen LogP) is 6.19. The molecule has 0 fully saturated rings. The molecule has 4 aromatic carbocycles. The summed E-state index contributed by atoms with van der Waals surface area (Å²) in [5.41, 5.74) is 4.19. The van der Waals surface area contributed by atoms with Gasteiger partial charge in [-0.1, -0.05) is 36.4 Å². The summed E-state index contributed by atoms with van der Waals surface area (Å²) in [5.74, 6) is -0.898. The number of aliphatic carboxylic acids is 1. The van der Waals surface area contributed by atoms with Crippen LogP contribution in [-0.4, -0.2) is 31.3 Å². The van der Waals surface area contributed by atoms with Crippen molar-refractivity contribution in [3.8, 4) is 16.9 Å². The minimum Gasteiger partial charge on any atom is -0.497 e. The van der Waals surface area contributed by atoms with E-state index < -0.39 is 11.8 Å². The molecule has 0 aromatic heterocycles. The molecule has 0 saturated carbocycles. The van der Waals surface area contributed by atoms with Crippen molar-refractivity contribution in [2.75, 3.05) is 20.2 Å². The van der Waals surface area contributed by atoms with Crippen molar-refractivity contribution in [3.63, 3.8) is 0 Å². The van der Waals surface area contributed by atoms with E-state index in [2.05, 4.69) is 11.4 Å². The first-order chi connectivity index (χ1) is 17.4. The molecule has 0 amide bonds. The molecular weight excluding hydrogens is 460 g/mol. The van der Waals surface area contributed by atoms with E-state index in [0.29, 0.717) is 16.5 Å². The molecule has 0 aliphatic rings. The van der Waals surface area contributed by atoms with Crippen LogP contribution in [0.25, 0.3) is 21.9 Å². The van der Waals surface area contributed by atoms with Crippen molar-refractivity contribution < 1.29 is 23.4 Å². The van der Waals surface area contributed by atoms with Crippen LogP contribution in [-0.2, 0) is 24.1 Å². The molecule has 36 heavy (non-hydrogen) atoms. The van der Waals surface area contributed by atoms with Gasteiger partial charge in [0.25, 0.3) is 0 Å². The third-order valence-electron chi connectivity index (χ3n) is 6.19. The second kappa shape index (κ2) is 11.8. The van der Waals surface area contributed by atoms with Gasteiger partial charge in [-0.05, 0) is 107 Å². The Bertz CT molecular complexity index is 1370. The van der Waals surface area contributed by atoms with Crippen molar-refractivity contribution in [3.05, 3.63) is 101 Å². The van der Waals surface area contributed by atoms with E-state index in [-0.39, 0.29) is 18.7 Å². The smallest absolute Gasteiger partial charge is 0.303 e. The third kappa shape index (κ3) is 6.67. The number of fused-ring (bicyclic) bond motifs is 1. The van der Waals surface area contributed by atoms with Crippen molar-refractivity contribution in [2.45, 2.75) is 25.7 Å². The van der Waals surface area contributed by atoms with Crippen LogP contribution in [0.1, 0.15) is 23.1 Å². The number of hydrogen-bond acceptors (Lipinski definition) is 3. The van der Waals surface area contributed by atoms with Crippen molar-refractivity contribution in [1.29, 1.82) is 0 Å². The average molecular weight is 490 g/mol. The Balaban J connectivity index is 1.52. The molecule has 0 spiro atoms. The van der Waals surface area contributed by atoms with Crippen molar-refractivity contribution in [1.82, 2.24) is 5.32 Å². The number of carboxylic acid groups (broad SMARTS) is 1. The highest BCUT2D eigenvalue weighted by Crippen LogP contribution is 2.32. The lowest BCUT2D eigenvalue weighted by Gasteiger charge is -2.13. The second-order valence-corrected chi connectivity index (χ2v) is 8.85. The maximum Gasteiger partial charge on any atom is 0.303 e. The number of carbonyl (C=O) groups is 1. The minimum atomic E-state index is -0.936. The van der Waals surface area contributed by atoms with E-state index >= 15 is 0 Å². The molecule has 0 radical (unpaired) electrons. The highest BCUT2D eigenvalue weighted by atomic mass is 19.1. The lowest BCUT2D eigenvalue weighted by atomic mass is 9.93. The molecule has 6 heteroatoms. The van der Waals surface area contributed by atoms with Gasteiger partial charge in [-0.2, -0.15) is 0 Å². The van der Waals surface area contributed by atoms with Crippen LogP contribution in [0.2, 0.25) is 0 Å². The molecule has 0 heterocycles. The van der Waals surface area contributed by atoms with Crippen molar-refractivity contribution >= 4 is 16.7 Å². The molecule has 4 rings (SSSR count). The average Bonchev–Trinajstić information content (AvgIpc) is 2.86. The lowest BCUT2D eigenvalue weighted by molar-refractivity contribution is -0.136. The van der Waals surface area contributed by atoms with E-state index in [0.717, 1.165) is 48.2 Å². The summed E-state index contributed by atoms with van der Waals surface area (Å²) < 4.78 is 33.8. The van der Waals surface area contributed by atoms with E-state index in [4.69, 9.17) is 9.84 Å². The van der Waals surface area contributed by atoms with Gasteiger partial charge in [0.05, 0.1) is 7.11 Å². The fraction of sp³-hybridized carbons (Fsp3) is 0.233. The van der Waals surface area contributed by atoms with Gasteiger partial charge in [-0.25, -0.2) is 8.78 Å². The van der Waals surface area contributed by atoms with Crippen LogP contribution in [0.4, 0.5) is 8.78 Å². The van der Waals surface area contributed by atoms with Crippen molar-refractivity contribution in [2.24, 2.45) is 0 Å². The van der Waals surface area contributed by atoms with Gasteiger partial charge in [0.2, 0.25) is 0 Å². The number of nitrogens with one attached hydrogen (secondary N) is 1. The Morgan fingerprint density at radius 2 is 1.61 bits per heavy atom. The first-order valence-corrected chi connectivity index (χ1v) is 12.0. The minimum absolute atomic E-state index is 0.0836. The third-order valence-corrected chi connectivity index (χ3v) is 6.19. The highest BCUT2D eigenvalue weighted by molar-refractivity contribution is 5.97. The summed E-state index contributed by atoms with van der Waals surface area (Å²) in [6.45, 7) is 1.57. The number of carboxylic acids is 1. The number of halogens is 2. The Morgan fingerprint density at radius 1 is 0.833 bits per heavy atom. The van der Waals surface area contributed by atoms with E-state index in [9.17, 15) is 13.6 Å². The summed E-state index contributed by atoms with van der Waals surface area (Å²) in [4.78, 5) is 11.0. The topological polar surface area (TPSA) is 58.6 Å². The van der Waals surface area contributed by atoms with Gasteiger partial charge < -0.3 is 15.2 Å². The van der Waals surface area contributed by atoms with Crippen LogP contribution in [0.5, 0.6) is 5.75 Å². The number of aryl methyl sites for hydroxylation is 1. The molecular formula is C30H29F2NO3. The quantitative estimate of drug-likeness (QED) is 0.247. The normalized spacial score (nSPS) is 11.1. The Morgan fingerprint density at radius 3 is 2.39 bits per heavy atom. The van der Waals surface area contributed by atoms with Crippen LogP contribution in [0.3, 0.4) is 0 Å². The second-order valence-electron chi connectivity index (χ2n) is 8.85. The van der Waals surface area contributed by atoms with Gasteiger partial charge in [-0.15, -0.1) is 0 Å². The number of ether oxygens (including phenoxy) is 1. The Labute approximate surface area is 209 Å². The number of hydrogen-bond donors (Lipinski definition) is 2. The van der Waals surface area contributed by atoms with Crippen LogP contribution < -0.4 is 10.1 Å². The summed E-state index contributed by atoms with van der Waals surface area (Å²) in [6, 6.07) is 21.2. The van der Waals surface area contributed by atoms with Crippen LogP contribution in [0.15, 0.2) is 72.8 Å². The van der Waals surface area contributed by atoms with Gasteiger partial charge >= 0.3 is 5.97 Å². The molecule has 2 N–H and O–H groups in total. The zero-order chi connectivity index (χ0) is 25.5. The Kier molecular flexibility index (Phi) is 8.28. The van der Waals surface area contributed by atoms with E-state index in [1.807, 2.05) is 30.3 Å². The molecule has 0 unspecified atom stereocenters. The van der Waals surface area contributed by atoms with Gasteiger partial charge in [-0.3, -0.25) is 4.79 Å². The number of methoxy groups -OCH3 is 1. The summed E-state index contributed by atoms with van der Waals surface area (Å²) in [5, 5.41) is 14.0. The lowest BCUT2D eigenvalue weighted by Crippen LogP contribution is -2.20. The number of rotatable bonds is 11. The molecule has 0 bridgehead atoms. The summed E-state index contributed by atoms with van der Waals surface area (Å²) in [6.07, 6.45) is 1.77. The van der Waals surface area contributed by atoms with Gasteiger partial charge in [0, 0.05) is 6.42 Å². The molecule has 0 aliphatic carbocycles.